The lowest BCUT2D eigenvalue weighted by atomic mass is 9.90. The van der Waals surface area contributed by atoms with Gasteiger partial charge in [-0.25, -0.2) is 0 Å². The molecule has 3 aliphatic rings. The number of rotatable bonds is 2. The van der Waals surface area contributed by atoms with Crippen LogP contribution in [0.25, 0.3) is 10.9 Å². The first-order valence-corrected chi connectivity index (χ1v) is 10.5. The number of H-pyrrole nitrogens is 1. The summed E-state index contributed by atoms with van der Waals surface area (Å²) >= 11 is 0. The van der Waals surface area contributed by atoms with E-state index in [1.807, 2.05) is 41.3 Å². The molecule has 146 valence electrons. The second-order valence-electron chi connectivity index (χ2n) is 8.47. The third-order valence-corrected chi connectivity index (χ3v) is 6.86. The average molecular weight is 385 g/mol. The number of aromatic amines is 1. The highest BCUT2D eigenvalue weighted by atomic mass is 16.2. The summed E-state index contributed by atoms with van der Waals surface area (Å²) in [6.07, 6.45) is 4.95. The summed E-state index contributed by atoms with van der Waals surface area (Å²) in [5.41, 5.74) is 4.98. The van der Waals surface area contributed by atoms with E-state index < -0.39 is 6.04 Å². The molecule has 5 nitrogen and oxygen atoms in total. The maximum atomic E-state index is 13.3. The van der Waals surface area contributed by atoms with Crippen LogP contribution < -0.4 is 5.32 Å². The molecule has 2 atom stereocenters. The van der Waals surface area contributed by atoms with Crippen molar-refractivity contribution in [3.05, 3.63) is 70.9 Å². The number of amides is 2. The lowest BCUT2D eigenvalue weighted by Crippen LogP contribution is -2.53. The Kier molecular flexibility index (Phi) is 3.60. The summed E-state index contributed by atoms with van der Waals surface area (Å²) in [7, 11) is 0. The molecule has 0 bridgehead atoms. The molecule has 1 saturated carbocycles. The van der Waals surface area contributed by atoms with Crippen LogP contribution in [0.2, 0.25) is 0 Å². The fourth-order valence-corrected chi connectivity index (χ4v) is 5.50. The van der Waals surface area contributed by atoms with E-state index >= 15 is 0 Å². The summed E-state index contributed by atoms with van der Waals surface area (Å²) in [6.45, 7) is 0. The molecule has 2 aromatic carbocycles. The van der Waals surface area contributed by atoms with E-state index in [4.69, 9.17) is 0 Å². The zero-order valence-corrected chi connectivity index (χ0v) is 16.2. The van der Waals surface area contributed by atoms with Gasteiger partial charge in [0.15, 0.2) is 0 Å². The monoisotopic (exact) mass is 385 g/mol. The minimum absolute atomic E-state index is 0.0148. The normalized spacial score (nSPS) is 23.2. The average Bonchev–Trinajstić information content (AvgIpc) is 3.45. The number of hydrogen-bond donors (Lipinski definition) is 2. The van der Waals surface area contributed by atoms with Crippen LogP contribution in [0.15, 0.2) is 48.5 Å². The lowest BCUT2D eigenvalue weighted by Gasteiger charge is -2.37. The highest BCUT2D eigenvalue weighted by Gasteiger charge is 2.49. The van der Waals surface area contributed by atoms with E-state index in [2.05, 4.69) is 22.4 Å². The number of fused-ring (bicyclic) bond motifs is 7. The molecule has 2 amide bonds. The molecule has 29 heavy (non-hydrogen) atoms. The van der Waals surface area contributed by atoms with Gasteiger partial charge in [0, 0.05) is 34.6 Å². The maximum Gasteiger partial charge on any atom is 0.255 e. The fourth-order valence-electron chi connectivity index (χ4n) is 5.50. The molecular weight excluding hydrogens is 362 g/mol. The Labute approximate surface area is 169 Å². The van der Waals surface area contributed by atoms with Crippen LogP contribution in [0.5, 0.6) is 0 Å². The first kappa shape index (κ1) is 16.8. The second-order valence-corrected chi connectivity index (χ2v) is 8.47. The van der Waals surface area contributed by atoms with Crippen LogP contribution in [0, 0.1) is 0 Å². The standard InChI is InChI=1S/C24H23N3O2/c28-23(25-14-7-1-2-8-14)20-13-18-15-9-5-6-12-19(15)26-21(18)22-16-10-3-4-11-17(16)24(29)27(20)22/h3-6,9-12,14,20,22,26H,1-2,7-8,13H2,(H,25,28)/t20-,22?/m0/s1. The molecule has 0 radical (unpaired) electrons. The van der Waals surface area contributed by atoms with Gasteiger partial charge in [-0.2, -0.15) is 0 Å². The van der Waals surface area contributed by atoms with Crippen molar-refractivity contribution in [1.82, 2.24) is 15.2 Å². The van der Waals surface area contributed by atoms with Gasteiger partial charge in [0.05, 0.1) is 6.04 Å². The van der Waals surface area contributed by atoms with Crippen LogP contribution in [-0.4, -0.2) is 33.8 Å². The fraction of sp³-hybridized carbons (Fsp3) is 0.333. The predicted octanol–water partition coefficient (Wildman–Crippen LogP) is 3.70. The van der Waals surface area contributed by atoms with Gasteiger partial charge in [0.1, 0.15) is 6.04 Å². The van der Waals surface area contributed by atoms with E-state index in [1.165, 1.54) is 12.8 Å². The third-order valence-electron chi connectivity index (χ3n) is 6.86. The zero-order chi connectivity index (χ0) is 19.5. The Morgan fingerprint density at radius 2 is 1.79 bits per heavy atom. The molecule has 0 spiro atoms. The van der Waals surface area contributed by atoms with Crippen molar-refractivity contribution in [3.63, 3.8) is 0 Å². The van der Waals surface area contributed by atoms with Crippen LogP contribution in [-0.2, 0) is 11.2 Å². The van der Waals surface area contributed by atoms with Gasteiger partial charge >= 0.3 is 0 Å². The molecule has 1 unspecified atom stereocenters. The number of carbonyl (C=O) groups excluding carboxylic acids is 2. The van der Waals surface area contributed by atoms with Gasteiger partial charge in [0.25, 0.3) is 5.91 Å². The predicted molar refractivity (Wildman–Crippen MR) is 111 cm³/mol. The van der Waals surface area contributed by atoms with E-state index in [0.717, 1.165) is 40.6 Å². The summed E-state index contributed by atoms with van der Waals surface area (Å²) in [4.78, 5) is 32.1. The van der Waals surface area contributed by atoms with Crippen molar-refractivity contribution in [2.75, 3.05) is 0 Å². The number of carbonyl (C=O) groups is 2. The summed E-state index contributed by atoms with van der Waals surface area (Å²) in [6, 6.07) is 15.5. The van der Waals surface area contributed by atoms with E-state index in [9.17, 15) is 9.59 Å². The van der Waals surface area contributed by atoms with E-state index in [0.29, 0.717) is 12.0 Å². The number of hydrogen-bond acceptors (Lipinski definition) is 2. The molecule has 1 aliphatic carbocycles. The van der Waals surface area contributed by atoms with Gasteiger partial charge in [-0.05, 0) is 36.1 Å². The number of aromatic nitrogens is 1. The minimum atomic E-state index is -0.479. The molecule has 3 aromatic rings. The Balaban J connectivity index is 1.49. The number of para-hydroxylation sites is 1. The van der Waals surface area contributed by atoms with Crippen LogP contribution in [0.3, 0.4) is 0 Å². The van der Waals surface area contributed by atoms with Crippen molar-refractivity contribution in [3.8, 4) is 0 Å². The van der Waals surface area contributed by atoms with Gasteiger partial charge in [-0.3, -0.25) is 9.59 Å². The molecular formula is C24H23N3O2. The Bertz CT molecular complexity index is 1140. The Morgan fingerprint density at radius 3 is 2.66 bits per heavy atom. The van der Waals surface area contributed by atoms with Crippen molar-refractivity contribution in [2.24, 2.45) is 0 Å². The summed E-state index contributed by atoms with van der Waals surface area (Å²) < 4.78 is 0. The summed E-state index contributed by atoms with van der Waals surface area (Å²) in [5.74, 6) is -0.0551. The highest BCUT2D eigenvalue weighted by molar-refractivity contribution is 6.03. The van der Waals surface area contributed by atoms with Crippen molar-refractivity contribution < 1.29 is 9.59 Å². The third kappa shape index (κ3) is 2.40. The quantitative estimate of drug-likeness (QED) is 0.706. The molecule has 2 aliphatic heterocycles. The summed E-state index contributed by atoms with van der Waals surface area (Å²) in [5, 5.41) is 4.39. The van der Waals surface area contributed by atoms with E-state index in [1.54, 1.807) is 0 Å². The van der Waals surface area contributed by atoms with Gasteiger partial charge in [-0.1, -0.05) is 49.2 Å². The maximum absolute atomic E-state index is 13.3. The molecule has 3 heterocycles. The molecule has 1 fully saturated rings. The molecule has 2 N–H and O–H groups in total. The second kappa shape index (κ2) is 6.21. The topological polar surface area (TPSA) is 65.2 Å². The number of benzene rings is 2. The van der Waals surface area contributed by atoms with Crippen LogP contribution >= 0.6 is 0 Å². The molecule has 1 aromatic heterocycles. The van der Waals surface area contributed by atoms with Crippen molar-refractivity contribution in [2.45, 2.75) is 50.2 Å². The van der Waals surface area contributed by atoms with Gasteiger partial charge < -0.3 is 15.2 Å². The first-order valence-electron chi connectivity index (χ1n) is 10.5. The molecule has 5 heteroatoms. The Hall–Kier alpha value is -3.08. The van der Waals surface area contributed by atoms with Crippen LogP contribution in [0.1, 0.15) is 58.9 Å². The first-order chi connectivity index (χ1) is 14.2. The lowest BCUT2D eigenvalue weighted by molar-refractivity contribution is -0.127. The Morgan fingerprint density at radius 1 is 1.03 bits per heavy atom. The molecule has 6 rings (SSSR count). The van der Waals surface area contributed by atoms with Crippen molar-refractivity contribution in [1.29, 1.82) is 0 Å². The minimum Gasteiger partial charge on any atom is -0.356 e. The smallest absolute Gasteiger partial charge is 0.255 e. The van der Waals surface area contributed by atoms with Crippen molar-refractivity contribution >= 4 is 22.7 Å². The largest absolute Gasteiger partial charge is 0.356 e. The van der Waals surface area contributed by atoms with Gasteiger partial charge in [-0.15, -0.1) is 0 Å². The van der Waals surface area contributed by atoms with E-state index in [-0.39, 0.29) is 23.9 Å². The molecule has 0 saturated heterocycles. The number of nitrogens with one attached hydrogen (secondary N) is 2. The number of nitrogens with zero attached hydrogens (tertiary/aromatic N) is 1. The SMILES string of the molecule is O=C(NC1CCCC1)[C@@H]1Cc2c([nH]c3ccccc23)C2c3ccccc3C(=O)N21. The zero-order valence-electron chi connectivity index (χ0n) is 16.2. The van der Waals surface area contributed by atoms with Crippen LogP contribution in [0.4, 0.5) is 0 Å². The highest BCUT2D eigenvalue weighted by Crippen LogP contribution is 2.46. The van der Waals surface area contributed by atoms with Gasteiger partial charge in [0.2, 0.25) is 5.91 Å².